The smallest absolute Gasteiger partial charge is 0.0247 e. The van der Waals surface area contributed by atoms with Crippen LogP contribution in [-0.4, -0.2) is 3.42 Å². The van der Waals surface area contributed by atoms with Crippen molar-refractivity contribution in [2.24, 2.45) is 11.3 Å². The summed E-state index contributed by atoms with van der Waals surface area (Å²) in [6.07, 6.45) is 2.80. The average Bonchev–Trinajstić information content (AvgIpc) is 1.94. The minimum absolute atomic E-state index is 0.532. The van der Waals surface area contributed by atoms with Crippen LogP contribution in [0.1, 0.15) is 40.5 Å². The van der Waals surface area contributed by atoms with Gasteiger partial charge in [0.25, 0.3) is 0 Å². The van der Waals surface area contributed by atoms with E-state index in [1.807, 2.05) is 0 Å². The standard InChI is InChI=1S/C9H17I/c1-7-5-6-9(4,10)8(7,2)3/h7H,5-6H2,1-4H3. The lowest BCUT2D eigenvalue weighted by atomic mass is 9.77. The van der Waals surface area contributed by atoms with Gasteiger partial charge >= 0.3 is 0 Å². The Hall–Kier alpha value is 0.730. The molecule has 0 aromatic rings. The second-order valence-electron chi connectivity index (χ2n) is 4.36. The van der Waals surface area contributed by atoms with Gasteiger partial charge in [0.15, 0.2) is 0 Å². The monoisotopic (exact) mass is 252 g/mol. The Morgan fingerprint density at radius 3 is 1.90 bits per heavy atom. The summed E-state index contributed by atoms with van der Waals surface area (Å²) in [5.41, 5.74) is 0.535. The zero-order chi connectivity index (χ0) is 7.99. The van der Waals surface area contributed by atoms with E-state index in [0.29, 0.717) is 8.84 Å². The molecule has 2 atom stereocenters. The van der Waals surface area contributed by atoms with Crippen molar-refractivity contribution in [3.63, 3.8) is 0 Å². The highest BCUT2D eigenvalue weighted by Gasteiger charge is 2.47. The van der Waals surface area contributed by atoms with Crippen molar-refractivity contribution in [1.29, 1.82) is 0 Å². The molecule has 0 N–H and O–H groups in total. The van der Waals surface area contributed by atoms with Crippen molar-refractivity contribution < 1.29 is 0 Å². The number of halogens is 1. The van der Waals surface area contributed by atoms with Crippen molar-refractivity contribution >= 4 is 22.6 Å². The number of hydrogen-bond donors (Lipinski definition) is 0. The summed E-state index contributed by atoms with van der Waals surface area (Å²) in [6.45, 7) is 9.56. The van der Waals surface area contributed by atoms with Crippen LogP contribution < -0.4 is 0 Å². The zero-order valence-corrected chi connectivity index (χ0v) is 9.53. The number of alkyl halides is 1. The molecule has 60 valence electrons. The molecule has 1 heteroatoms. The highest BCUT2D eigenvalue weighted by atomic mass is 127. The van der Waals surface area contributed by atoms with E-state index in [0.717, 1.165) is 5.92 Å². The van der Waals surface area contributed by atoms with Crippen molar-refractivity contribution in [3.8, 4) is 0 Å². The first-order valence-corrected chi connectivity index (χ1v) is 5.15. The fourth-order valence-corrected chi connectivity index (χ4v) is 2.53. The largest absolute Gasteiger partial charge is 0.0786 e. The molecule has 0 spiro atoms. The van der Waals surface area contributed by atoms with E-state index in [1.54, 1.807) is 0 Å². The van der Waals surface area contributed by atoms with E-state index < -0.39 is 0 Å². The average molecular weight is 252 g/mol. The van der Waals surface area contributed by atoms with Crippen molar-refractivity contribution in [2.75, 3.05) is 0 Å². The maximum atomic E-state index is 2.62. The Kier molecular flexibility index (Phi) is 2.08. The Morgan fingerprint density at radius 2 is 1.80 bits per heavy atom. The van der Waals surface area contributed by atoms with Crippen LogP contribution in [0.2, 0.25) is 0 Å². The molecule has 0 aliphatic heterocycles. The molecule has 1 rings (SSSR count). The Labute approximate surface area is 77.9 Å². The molecule has 0 heterocycles. The number of rotatable bonds is 0. The predicted octanol–water partition coefficient (Wildman–Crippen LogP) is 3.64. The van der Waals surface area contributed by atoms with Gasteiger partial charge in [-0.25, -0.2) is 0 Å². The van der Waals surface area contributed by atoms with E-state index in [4.69, 9.17) is 0 Å². The molecule has 1 saturated carbocycles. The van der Waals surface area contributed by atoms with E-state index >= 15 is 0 Å². The zero-order valence-electron chi connectivity index (χ0n) is 7.37. The third-order valence-electron chi connectivity index (χ3n) is 3.62. The lowest BCUT2D eigenvalue weighted by molar-refractivity contribution is 0.247. The molecule has 2 unspecified atom stereocenters. The molecule has 0 radical (unpaired) electrons. The van der Waals surface area contributed by atoms with Crippen LogP contribution in [0, 0.1) is 11.3 Å². The highest BCUT2D eigenvalue weighted by Crippen LogP contribution is 2.54. The molecule has 1 aliphatic carbocycles. The first-order valence-electron chi connectivity index (χ1n) is 4.07. The summed E-state index contributed by atoms with van der Waals surface area (Å²) in [6, 6.07) is 0. The fourth-order valence-electron chi connectivity index (χ4n) is 1.68. The van der Waals surface area contributed by atoms with Gasteiger partial charge in [0, 0.05) is 3.42 Å². The quantitative estimate of drug-likeness (QED) is 0.456. The van der Waals surface area contributed by atoms with Crippen LogP contribution in [0.3, 0.4) is 0 Å². The first-order chi connectivity index (χ1) is 4.38. The van der Waals surface area contributed by atoms with Crippen molar-refractivity contribution in [2.45, 2.75) is 44.0 Å². The van der Waals surface area contributed by atoms with E-state index in [-0.39, 0.29) is 0 Å². The molecular weight excluding hydrogens is 235 g/mol. The minimum atomic E-state index is 0.532. The molecular formula is C9H17I. The molecule has 0 amide bonds. The molecule has 0 nitrogen and oxygen atoms in total. The van der Waals surface area contributed by atoms with Gasteiger partial charge in [0.05, 0.1) is 0 Å². The maximum absolute atomic E-state index is 2.62. The van der Waals surface area contributed by atoms with Gasteiger partial charge in [-0.2, -0.15) is 0 Å². The summed E-state index contributed by atoms with van der Waals surface area (Å²) in [5.74, 6) is 0.898. The second-order valence-corrected chi connectivity index (χ2v) is 6.74. The topological polar surface area (TPSA) is 0 Å². The molecule has 0 saturated heterocycles. The fraction of sp³-hybridized carbons (Fsp3) is 1.00. The molecule has 0 aromatic carbocycles. The van der Waals surface area contributed by atoms with E-state index in [1.165, 1.54) is 12.8 Å². The van der Waals surface area contributed by atoms with Gasteiger partial charge in [-0.1, -0.05) is 50.3 Å². The summed E-state index contributed by atoms with van der Waals surface area (Å²) >= 11 is 2.62. The molecule has 0 aromatic heterocycles. The van der Waals surface area contributed by atoms with Crippen LogP contribution in [0.5, 0.6) is 0 Å². The van der Waals surface area contributed by atoms with Gasteiger partial charge in [0.1, 0.15) is 0 Å². The molecule has 0 bridgehead atoms. The summed E-state index contributed by atoms with van der Waals surface area (Å²) < 4.78 is 0.532. The van der Waals surface area contributed by atoms with Crippen LogP contribution in [0.4, 0.5) is 0 Å². The lowest BCUT2D eigenvalue weighted by Gasteiger charge is -2.36. The SMILES string of the molecule is CC1CCC(C)(I)C1(C)C. The summed E-state index contributed by atoms with van der Waals surface area (Å²) in [7, 11) is 0. The summed E-state index contributed by atoms with van der Waals surface area (Å²) in [4.78, 5) is 0. The first kappa shape index (κ1) is 8.82. The Morgan fingerprint density at radius 1 is 1.30 bits per heavy atom. The molecule has 10 heavy (non-hydrogen) atoms. The second kappa shape index (κ2) is 2.36. The van der Waals surface area contributed by atoms with Crippen molar-refractivity contribution in [3.05, 3.63) is 0 Å². The molecule has 1 aliphatic rings. The molecule has 1 fully saturated rings. The minimum Gasteiger partial charge on any atom is -0.0786 e. The van der Waals surface area contributed by atoms with Gasteiger partial charge in [0.2, 0.25) is 0 Å². The van der Waals surface area contributed by atoms with E-state index in [2.05, 4.69) is 50.3 Å². The highest BCUT2D eigenvalue weighted by molar-refractivity contribution is 14.1. The van der Waals surface area contributed by atoms with Crippen LogP contribution >= 0.6 is 22.6 Å². The Bertz CT molecular complexity index is 136. The summed E-state index contributed by atoms with van der Waals surface area (Å²) in [5, 5.41) is 0. The van der Waals surface area contributed by atoms with E-state index in [9.17, 15) is 0 Å². The van der Waals surface area contributed by atoms with Crippen LogP contribution in [0.15, 0.2) is 0 Å². The van der Waals surface area contributed by atoms with Gasteiger partial charge in [-0.15, -0.1) is 0 Å². The van der Waals surface area contributed by atoms with Crippen molar-refractivity contribution in [1.82, 2.24) is 0 Å². The Balaban J connectivity index is 2.84. The number of hydrogen-bond acceptors (Lipinski definition) is 0. The maximum Gasteiger partial charge on any atom is 0.0247 e. The lowest BCUT2D eigenvalue weighted by Crippen LogP contribution is -2.33. The normalized spacial score (nSPS) is 45.9. The van der Waals surface area contributed by atoms with Gasteiger partial charge in [-0.3, -0.25) is 0 Å². The third kappa shape index (κ3) is 1.10. The van der Waals surface area contributed by atoms with Crippen LogP contribution in [-0.2, 0) is 0 Å². The van der Waals surface area contributed by atoms with Gasteiger partial charge < -0.3 is 0 Å². The van der Waals surface area contributed by atoms with Gasteiger partial charge in [-0.05, 0) is 24.2 Å². The third-order valence-corrected chi connectivity index (χ3v) is 5.55. The predicted molar refractivity (Wildman–Crippen MR) is 54.6 cm³/mol. The van der Waals surface area contributed by atoms with Crippen LogP contribution in [0.25, 0.3) is 0 Å².